The van der Waals surface area contributed by atoms with Gasteiger partial charge < -0.3 is 14.7 Å². The SMILES string of the molecule is CC1CCN(CC(=O)N2CCOCC2)CC1O. The fraction of sp³-hybridized carbons (Fsp3) is 0.917. The van der Waals surface area contributed by atoms with Gasteiger partial charge in [-0.25, -0.2) is 0 Å². The van der Waals surface area contributed by atoms with Crippen molar-refractivity contribution in [3.8, 4) is 0 Å². The van der Waals surface area contributed by atoms with Crippen LogP contribution in [0.1, 0.15) is 13.3 Å². The van der Waals surface area contributed by atoms with Crippen molar-refractivity contribution >= 4 is 5.91 Å². The van der Waals surface area contributed by atoms with E-state index < -0.39 is 0 Å². The Morgan fingerprint density at radius 1 is 1.35 bits per heavy atom. The maximum absolute atomic E-state index is 12.0. The first-order valence-corrected chi connectivity index (χ1v) is 6.43. The van der Waals surface area contributed by atoms with E-state index in [4.69, 9.17) is 4.74 Å². The molecule has 0 bridgehead atoms. The Labute approximate surface area is 102 Å². The second-order valence-electron chi connectivity index (χ2n) is 5.06. The average molecular weight is 242 g/mol. The lowest BCUT2D eigenvalue weighted by atomic mass is 9.96. The summed E-state index contributed by atoms with van der Waals surface area (Å²) in [5.74, 6) is 0.514. The van der Waals surface area contributed by atoms with Crippen LogP contribution >= 0.6 is 0 Å². The number of morpholine rings is 1. The number of piperidine rings is 1. The largest absolute Gasteiger partial charge is 0.392 e. The van der Waals surface area contributed by atoms with Crippen molar-refractivity contribution < 1.29 is 14.6 Å². The number of likely N-dealkylation sites (tertiary alicyclic amines) is 1. The van der Waals surface area contributed by atoms with Crippen LogP contribution in [0.15, 0.2) is 0 Å². The van der Waals surface area contributed by atoms with Crippen molar-refractivity contribution in [2.75, 3.05) is 45.9 Å². The van der Waals surface area contributed by atoms with Gasteiger partial charge in [0, 0.05) is 19.6 Å². The number of hydrogen-bond donors (Lipinski definition) is 1. The van der Waals surface area contributed by atoms with Gasteiger partial charge in [0.25, 0.3) is 0 Å². The van der Waals surface area contributed by atoms with E-state index >= 15 is 0 Å². The first-order chi connectivity index (χ1) is 8.16. The molecule has 2 rings (SSSR count). The van der Waals surface area contributed by atoms with E-state index in [-0.39, 0.29) is 12.0 Å². The summed E-state index contributed by atoms with van der Waals surface area (Å²) in [7, 11) is 0. The molecule has 1 N–H and O–H groups in total. The third-order valence-electron chi connectivity index (χ3n) is 3.73. The molecule has 0 aromatic carbocycles. The topological polar surface area (TPSA) is 53.0 Å². The van der Waals surface area contributed by atoms with E-state index in [0.29, 0.717) is 45.3 Å². The minimum atomic E-state index is -0.291. The fourth-order valence-corrected chi connectivity index (χ4v) is 2.36. The normalized spacial score (nSPS) is 31.5. The second-order valence-corrected chi connectivity index (χ2v) is 5.06. The lowest BCUT2D eigenvalue weighted by molar-refractivity contribution is -0.137. The molecule has 0 aromatic heterocycles. The van der Waals surface area contributed by atoms with E-state index in [9.17, 15) is 9.90 Å². The molecular formula is C12H22N2O3. The van der Waals surface area contributed by atoms with Gasteiger partial charge in [0.15, 0.2) is 0 Å². The Balaban J connectivity index is 1.78. The Morgan fingerprint density at radius 2 is 2.06 bits per heavy atom. The Kier molecular flexibility index (Phi) is 4.36. The van der Waals surface area contributed by atoms with Gasteiger partial charge in [-0.1, -0.05) is 6.92 Å². The van der Waals surface area contributed by atoms with Crippen LogP contribution in [-0.2, 0) is 9.53 Å². The molecule has 2 heterocycles. The molecule has 2 atom stereocenters. The molecular weight excluding hydrogens is 220 g/mol. The van der Waals surface area contributed by atoms with E-state index in [1.165, 1.54) is 0 Å². The Morgan fingerprint density at radius 3 is 2.71 bits per heavy atom. The summed E-state index contributed by atoms with van der Waals surface area (Å²) in [5.41, 5.74) is 0. The van der Waals surface area contributed by atoms with Gasteiger partial charge in [-0.15, -0.1) is 0 Å². The lowest BCUT2D eigenvalue weighted by Gasteiger charge is -2.35. The van der Waals surface area contributed by atoms with Gasteiger partial charge in [0.2, 0.25) is 5.91 Å². The summed E-state index contributed by atoms with van der Waals surface area (Å²) in [4.78, 5) is 15.9. The highest BCUT2D eigenvalue weighted by Gasteiger charge is 2.27. The highest BCUT2D eigenvalue weighted by molar-refractivity contribution is 5.78. The van der Waals surface area contributed by atoms with Crippen LogP contribution in [0.25, 0.3) is 0 Å². The summed E-state index contributed by atoms with van der Waals surface area (Å²) in [5, 5.41) is 9.78. The van der Waals surface area contributed by atoms with Gasteiger partial charge in [0.1, 0.15) is 0 Å². The van der Waals surface area contributed by atoms with Gasteiger partial charge in [0.05, 0.1) is 25.9 Å². The third-order valence-corrected chi connectivity index (χ3v) is 3.73. The molecule has 2 unspecified atom stereocenters. The molecule has 2 aliphatic rings. The van der Waals surface area contributed by atoms with Crippen LogP contribution in [0.5, 0.6) is 0 Å². The first-order valence-electron chi connectivity index (χ1n) is 6.43. The number of carbonyl (C=O) groups excluding carboxylic acids is 1. The summed E-state index contributed by atoms with van der Waals surface area (Å²) >= 11 is 0. The lowest BCUT2D eigenvalue weighted by Crippen LogP contribution is -2.50. The van der Waals surface area contributed by atoms with Crippen LogP contribution in [0.3, 0.4) is 0 Å². The number of carbonyl (C=O) groups is 1. The van der Waals surface area contributed by atoms with Gasteiger partial charge in [-0.2, -0.15) is 0 Å². The van der Waals surface area contributed by atoms with Crippen molar-refractivity contribution in [2.24, 2.45) is 5.92 Å². The molecule has 0 aliphatic carbocycles. The number of aliphatic hydroxyl groups is 1. The Hall–Kier alpha value is -0.650. The van der Waals surface area contributed by atoms with Crippen molar-refractivity contribution in [1.82, 2.24) is 9.80 Å². The van der Waals surface area contributed by atoms with E-state index in [2.05, 4.69) is 11.8 Å². The van der Waals surface area contributed by atoms with Gasteiger partial charge >= 0.3 is 0 Å². The van der Waals surface area contributed by atoms with Gasteiger partial charge in [-0.05, 0) is 18.9 Å². The first kappa shape index (κ1) is 12.8. The zero-order chi connectivity index (χ0) is 12.3. The van der Waals surface area contributed by atoms with Crippen LogP contribution in [0, 0.1) is 5.92 Å². The molecule has 0 saturated carbocycles. The molecule has 0 aromatic rings. The summed E-state index contributed by atoms with van der Waals surface area (Å²) in [6.45, 7) is 6.72. The standard InChI is InChI=1S/C12H22N2O3/c1-10-2-3-13(8-11(10)15)9-12(16)14-4-6-17-7-5-14/h10-11,15H,2-9H2,1H3. The van der Waals surface area contributed by atoms with Crippen molar-refractivity contribution in [3.05, 3.63) is 0 Å². The number of rotatable bonds is 2. The Bertz CT molecular complexity index is 266. The van der Waals surface area contributed by atoms with Crippen molar-refractivity contribution in [3.63, 3.8) is 0 Å². The van der Waals surface area contributed by atoms with Crippen molar-refractivity contribution in [2.45, 2.75) is 19.4 Å². The minimum absolute atomic E-state index is 0.162. The van der Waals surface area contributed by atoms with Crippen LogP contribution in [-0.4, -0.2) is 72.9 Å². The molecule has 0 radical (unpaired) electrons. The summed E-state index contributed by atoms with van der Waals surface area (Å²) in [6.07, 6.45) is 0.679. The molecule has 2 aliphatic heterocycles. The maximum Gasteiger partial charge on any atom is 0.236 e. The van der Waals surface area contributed by atoms with E-state index in [1.54, 1.807) is 0 Å². The van der Waals surface area contributed by atoms with Crippen LogP contribution in [0.4, 0.5) is 0 Å². The van der Waals surface area contributed by atoms with Crippen LogP contribution < -0.4 is 0 Å². The molecule has 2 fully saturated rings. The zero-order valence-corrected chi connectivity index (χ0v) is 10.5. The quantitative estimate of drug-likeness (QED) is 0.712. The highest BCUT2D eigenvalue weighted by atomic mass is 16.5. The minimum Gasteiger partial charge on any atom is -0.392 e. The van der Waals surface area contributed by atoms with Crippen molar-refractivity contribution in [1.29, 1.82) is 0 Å². The monoisotopic (exact) mass is 242 g/mol. The van der Waals surface area contributed by atoms with E-state index in [1.807, 2.05) is 4.90 Å². The molecule has 17 heavy (non-hydrogen) atoms. The molecule has 5 nitrogen and oxygen atoms in total. The molecule has 5 heteroatoms. The third kappa shape index (κ3) is 3.40. The number of aliphatic hydroxyl groups excluding tert-OH is 1. The maximum atomic E-state index is 12.0. The summed E-state index contributed by atoms with van der Waals surface area (Å²) in [6, 6.07) is 0. The fourth-order valence-electron chi connectivity index (χ4n) is 2.36. The smallest absolute Gasteiger partial charge is 0.236 e. The average Bonchev–Trinajstić information content (AvgIpc) is 2.35. The second kappa shape index (κ2) is 5.80. The number of hydrogen-bond acceptors (Lipinski definition) is 4. The molecule has 98 valence electrons. The molecule has 2 saturated heterocycles. The molecule has 1 amide bonds. The van der Waals surface area contributed by atoms with E-state index in [0.717, 1.165) is 13.0 Å². The predicted octanol–water partition coefficient (Wildman–Crippen LogP) is -0.452. The number of nitrogens with zero attached hydrogens (tertiary/aromatic N) is 2. The number of β-amino-alcohol motifs (C(OH)–C–C–N with tert-alkyl or cyclic N) is 1. The predicted molar refractivity (Wildman–Crippen MR) is 63.6 cm³/mol. The van der Waals surface area contributed by atoms with Crippen LogP contribution in [0.2, 0.25) is 0 Å². The summed E-state index contributed by atoms with van der Waals surface area (Å²) < 4.78 is 5.22. The van der Waals surface area contributed by atoms with Gasteiger partial charge in [-0.3, -0.25) is 9.69 Å². The number of ether oxygens (including phenoxy) is 1. The number of amides is 1. The molecule has 0 spiro atoms. The highest BCUT2D eigenvalue weighted by Crippen LogP contribution is 2.16. The zero-order valence-electron chi connectivity index (χ0n) is 10.5.